The van der Waals surface area contributed by atoms with Crippen molar-refractivity contribution >= 4 is 31.9 Å². The van der Waals surface area contributed by atoms with E-state index in [9.17, 15) is 13.2 Å². The summed E-state index contributed by atoms with van der Waals surface area (Å²) in [6.07, 6.45) is 5.74. The third kappa shape index (κ3) is 5.70. The number of hydrogen-bond donors (Lipinski definition) is 2. The molecular weight excluding hydrogens is 416 g/mol. The van der Waals surface area contributed by atoms with Gasteiger partial charge in [-0.15, -0.1) is 6.42 Å². The number of carbonyl (C=O) groups excluding carboxylic acids is 1. The average Bonchev–Trinajstić information content (AvgIpc) is 2.62. The first-order chi connectivity index (χ1) is 12.3. The average molecular weight is 435 g/mol. The summed E-state index contributed by atoms with van der Waals surface area (Å²) >= 11 is 3.39. The van der Waals surface area contributed by atoms with Crippen molar-refractivity contribution in [3.05, 3.63) is 64.1 Å². The van der Waals surface area contributed by atoms with Gasteiger partial charge in [-0.05, 0) is 49.2 Å². The third-order valence-corrected chi connectivity index (χ3v) is 5.53. The smallest absolute Gasteiger partial charge is 0.251 e. The van der Waals surface area contributed by atoms with Crippen molar-refractivity contribution in [2.45, 2.75) is 24.3 Å². The van der Waals surface area contributed by atoms with E-state index in [0.717, 1.165) is 10.0 Å². The van der Waals surface area contributed by atoms with Gasteiger partial charge in [0.15, 0.2) is 0 Å². The number of halogens is 1. The molecule has 0 saturated carbocycles. The van der Waals surface area contributed by atoms with E-state index in [-0.39, 0.29) is 29.0 Å². The molecule has 0 aromatic heterocycles. The molecule has 1 unspecified atom stereocenters. The zero-order chi connectivity index (χ0) is 19.2. The zero-order valence-corrected chi connectivity index (χ0v) is 16.6. The van der Waals surface area contributed by atoms with E-state index in [0.29, 0.717) is 6.42 Å². The number of rotatable bonds is 7. The maximum Gasteiger partial charge on any atom is 0.251 e. The summed E-state index contributed by atoms with van der Waals surface area (Å²) in [6.45, 7) is 1.79. The van der Waals surface area contributed by atoms with Crippen LogP contribution in [-0.2, 0) is 16.4 Å². The minimum absolute atomic E-state index is 0.000891. The molecule has 26 heavy (non-hydrogen) atoms. The van der Waals surface area contributed by atoms with E-state index >= 15 is 0 Å². The highest BCUT2D eigenvalue weighted by Crippen LogP contribution is 2.14. The Morgan fingerprint density at radius 1 is 1.23 bits per heavy atom. The summed E-state index contributed by atoms with van der Waals surface area (Å²) in [6, 6.07) is 13.6. The molecule has 136 valence electrons. The van der Waals surface area contributed by atoms with Gasteiger partial charge >= 0.3 is 0 Å². The van der Waals surface area contributed by atoms with Gasteiger partial charge in [0.2, 0.25) is 10.0 Å². The molecule has 0 fully saturated rings. The molecule has 0 aliphatic carbocycles. The van der Waals surface area contributed by atoms with Crippen molar-refractivity contribution < 1.29 is 13.2 Å². The lowest BCUT2D eigenvalue weighted by atomic mass is 10.1. The topological polar surface area (TPSA) is 75.3 Å². The number of benzene rings is 2. The largest absolute Gasteiger partial charge is 0.349 e. The molecule has 2 aromatic rings. The van der Waals surface area contributed by atoms with Crippen LogP contribution in [-0.4, -0.2) is 26.9 Å². The van der Waals surface area contributed by atoms with Crippen LogP contribution in [0.25, 0.3) is 0 Å². The first kappa shape index (κ1) is 20.2. The molecule has 2 rings (SSSR count). The Kier molecular flexibility index (Phi) is 6.98. The van der Waals surface area contributed by atoms with Crippen LogP contribution < -0.4 is 10.0 Å². The van der Waals surface area contributed by atoms with E-state index in [2.05, 4.69) is 31.9 Å². The molecule has 0 aliphatic heterocycles. The molecular formula is C19H19BrN2O3S. The van der Waals surface area contributed by atoms with Crippen molar-refractivity contribution in [1.29, 1.82) is 0 Å². The number of terminal acetylenes is 1. The highest BCUT2D eigenvalue weighted by molar-refractivity contribution is 9.10. The summed E-state index contributed by atoms with van der Waals surface area (Å²) in [5, 5.41) is 2.88. The van der Waals surface area contributed by atoms with Crippen LogP contribution in [0.1, 0.15) is 22.8 Å². The van der Waals surface area contributed by atoms with Gasteiger partial charge in [0.05, 0.1) is 11.4 Å². The fourth-order valence-corrected chi connectivity index (χ4v) is 3.60. The number of sulfonamides is 1. The Hall–Kier alpha value is -2.14. The van der Waals surface area contributed by atoms with Gasteiger partial charge in [-0.2, -0.15) is 4.72 Å². The minimum Gasteiger partial charge on any atom is -0.349 e. The Morgan fingerprint density at radius 3 is 2.58 bits per heavy atom. The number of nitrogens with one attached hydrogen (secondary N) is 2. The molecule has 0 spiro atoms. The zero-order valence-electron chi connectivity index (χ0n) is 14.2. The van der Waals surface area contributed by atoms with Crippen molar-refractivity contribution in [3.8, 4) is 12.3 Å². The fraction of sp³-hybridized carbons (Fsp3) is 0.211. The minimum atomic E-state index is -3.74. The highest BCUT2D eigenvalue weighted by Gasteiger charge is 2.16. The fourth-order valence-electron chi connectivity index (χ4n) is 2.36. The van der Waals surface area contributed by atoms with E-state index in [4.69, 9.17) is 6.42 Å². The van der Waals surface area contributed by atoms with Gasteiger partial charge in [0.25, 0.3) is 5.91 Å². The standard InChI is InChI=1S/C19H19BrN2O3S/c1-3-11-21-26(24,25)18-6-4-5-16(13-18)19(23)22-14(2)12-15-7-9-17(20)10-8-15/h1,4-10,13-14,21H,11-12H2,2H3,(H,22,23). The Morgan fingerprint density at radius 2 is 1.92 bits per heavy atom. The van der Waals surface area contributed by atoms with Gasteiger partial charge in [-0.25, -0.2) is 8.42 Å². The Balaban J connectivity index is 2.06. The molecule has 0 heterocycles. The molecule has 5 nitrogen and oxygen atoms in total. The van der Waals surface area contributed by atoms with E-state index in [1.165, 1.54) is 18.2 Å². The van der Waals surface area contributed by atoms with Crippen LogP contribution in [0.5, 0.6) is 0 Å². The van der Waals surface area contributed by atoms with E-state index < -0.39 is 10.0 Å². The van der Waals surface area contributed by atoms with Crippen molar-refractivity contribution in [2.75, 3.05) is 6.54 Å². The van der Waals surface area contributed by atoms with Gasteiger partial charge in [0.1, 0.15) is 0 Å². The SMILES string of the molecule is C#CCNS(=O)(=O)c1cccc(C(=O)NC(C)Cc2ccc(Br)cc2)c1. The molecule has 2 aromatic carbocycles. The Bertz CT molecular complexity index is 919. The van der Waals surface area contributed by atoms with E-state index in [1.807, 2.05) is 31.2 Å². The predicted molar refractivity (Wildman–Crippen MR) is 105 cm³/mol. The van der Waals surface area contributed by atoms with Gasteiger partial charge in [0, 0.05) is 16.1 Å². The second kappa shape index (κ2) is 8.99. The summed E-state index contributed by atoms with van der Waals surface area (Å²) < 4.78 is 27.5. The first-order valence-corrected chi connectivity index (χ1v) is 10.2. The quantitative estimate of drug-likeness (QED) is 0.657. The molecule has 7 heteroatoms. The van der Waals surface area contributed by atoms with E-state index in [1.54, 1.807) is 6.07 Å². The number of amides is 1. The summed E-state index contributed by atoms with van der Waals surface area (Å²) in [5.41, 5.74) is 1.37. The van der Waals surface area contributed by atoms with Gasteiger partial charge in [-0.3, -0.25) is 4.79 Å². The van der Waals surface area contributed by atoms with Crippen molar-refractivity contribution in [2.24, 2.45) is 0 Å². The highest BCUT2D eigenvalue weighted by atomic mass is 79.9. The Labute approximate surface area is 162 Å². The van der Waals surface area contributed by atoms with Gasteiger partial charge < -0.3 is 5.32 Å². The van der Waals surface area contributed by atoms with Crippen molar-refractivity contribution in [3.63, 3.8) is 0 Å². The second-order valence-corrected chi connectivity index (χ2v) is 8.44. The first-order valence-electron chi connectivity index (χ1n) is 7.90. The molecule has 0 aliphatic rings. The summed E-state index contributed by atoms with van der Waals surface area (Å²) in [4.78, 5) is 12.4. The maximum absolute atomic E-state index is 12.4. The molecule has 1 atom stereocenters. The number of hydrogen-bond acceptors (Lipinski definition) is 3. The third-order valence-electron chi connectivity index (χ3n) is 3.60. The molecule has 2 N–H and O–H groups in total. The predicted octanol–water partition coefficient (Wildman–Crippen LogP) is 2.72. The molecule has 1 amide bonds. The lowest BCUT2D eigenvalue weighted by molar-refractivity contribution is 0.0940. The normalized spacial score (nSPS) is 12.2. The van der Waals surface area contributed by atoms with Crippen LogP contribution in [0, 0.1) is 12.3 Å². The van der Waals surface area contributed by atoms with Gasteiger partial charge in [-0.1, -0.05) is 40.0 Å². The molecule has 0 saturated heterocycles. The monoisotopic (exact) mass is 434 g/mol. The maximum atomic E-state index is 12.4. The lowest BCUT2D eigenvalue weighted by Crippen LogP contribution is -2.34. The van der Waals surface area contributed by atoms with Crippen LogP contribution in [0.15, 0.2) is 57.9 Å². The van der Waals surface area contributed by atoms with Crippen LogP contribution in [0.2, 0.25) is 0 Å². The molecule has 0 bridgehead atoms. The van der Waals surface area contributed by atoms with Crippen LogP contribution in [0.4, 0.5) is 0 Å². The van der Waals surface area contributed by atoms with Crippen LogP contribution in [0.3, 0.4) is 0 Å². The number of carbonyl (C=O) groups is 1. The van der Waals surface area contributed by atoms with Crippen LogP contribution >= 0.6 is 15.9 Å². The summed E-state index contributed by atoms with van der Waals surface area (Å²) in [7, 11) is -3.74. The second-order valence-electron chi connectivity index (χ2n) is 5.76. The van der Waals surface area contributed by atoms with Crippen molar-refractivity contribution in [1.82, 2.24) is 10.0 Å². The summed E-state index contributed by atoms with van der Waals surface area (Å²) in [5.74, 6) is 1.88. The lowest BCUT2D eigenvalue weighted by Gasteiger charge is -2.14. The molecule has 0 radical (unpaired) electrons.